The van der Waals surface area contributed by atoms with Crippen molar-refractivity contribution in [1.82, 2.24) is 0 Å². The molecule has 14 heteroatoms. The molecule has 0 aliphatic carbocycles. The van der Waals surface area contributed by atoms with Crippen molar-refractivity contribution in [2.24, 2.45) is 0 Å². The Morgan fingerprint density at radius 2 is 1.07 bits per heavy atom. The van der Waals surface area contributed by atoms with E-state index in [0.717, 1.165) is 83.5 Å². The molecule has 2 saturated heterocycles. The van der Waals surface area contributed by atoms with Gasteiger partial charge in [-0.05, 0) is 64.2 Å². The Hall–Kier alpha value is -1.79. The van der Waals surface area contributed by atoms with Crippen molar-refractivity contribution < 1.29 is 69.0 Å². The summed E-state index contributed by atoms with van der Waals surface area (Å²) in [5, 5.41) is 71.9. The van der Waals surface area contributed by atoms with Crippen LogP contribution in [0, 0.1) is 0 Å². The summed E-state index contributed by atoms with van der Waals surface area (Å²) in [6.45, 7) is 3.54. The van der Waals surface area contributed by atoms with E-state index >= 15 is 0 Å². The highest BCUT2D eigenvalue weighted by atomic mass is 16.7. The highest BCUT2D eigenvalue weighted by Crippen LogP contribution is 2.26. The van der Waals surface area contributed by atoms with Crippen molar-refractivity contribution in [3.05, 3.63) is 36.5 Å². The Balaban J connectivity index is 1.81. The second-order valence-electron chi connectivity index (χ2n) is 16.2. The molecule has 11 unspecified atom stereocenters. The van der Waals surface area contributed by atoms with Crippen LogP contribution >= 0.6 is 0 Å². The Labute approximate surface area is 359 Å². The van der Waals surface area contributed by atoms with E-state index in [1.165, 1.54) is 38.5 Å². The Kier molecular flexibility index (Phi) is 31.4. The van der Waals surface area contributed by atoms with Crippen LogP contribution in [0.15, 0.2) is 36.5 Å². The fourth-order valence-corrected chi connectivity index (χ4v) is 7.02. The predicted octanol–water partition coefficient (Wildman–Crippen LogP) is 5.46. The van der Waals surface area contributed by atoms with Gasteiger partial charge < -0.3 is 64.2 Å². The molecule has 2 aliphatic rings. The molecule has 0 aromatic rings. The fourth-order valence-electron chi connectivity index (χ4n) is 7.02. The zero-order valence-corrected chi connectivity index (χ0v) is 36.7. The monoisotopic (exact) mass is 859 g/mol. The van der Waals surface area contributed by atoms with E-state index in [1.54, 1.807) is 0 Å². The molecule has 2 rings (SSSR count). The molecule has 14 nitrogen and oxygen atoms in total. The lowest BCUT2D eigenvalue weighted by molar-refractivity contribution is -0.332. The number of carbonyl (C=O) groups excluding carboxylic acids is 1. The summed E-state index contributed by atoms with van der Waals surface area (Å²) >= 11 is 0. The van der Waals surface area contributed by atoms with Gasteiger partial charge in [0.1, 0.15) is 54.9 Å². The third-order valence-corrected chi connectivity index (χ3v) is 10.9. The van der Waals surface area contributed by atoms with E-state index in [1.807, 2.05) is 0 Å². The van der Waals surface area contributed by atoms with Crippen LogP contribution in [-0.4, -0.2) is 142 Å². The summed E-state index contributed by atoms with van der Waals surface area (Å²) in [6.07, 6.45) is 19.3. The Morgan fingerprint density at radius 3 is 1.68 bits per heavy atom. The number of esters is 1. The number of aliphatic hydroxyl groups is 7. The summed E-state index contributed by atoms with van der Waals surface area (Å²) in [5.41, 5.74) is 0. The van der Waals surface area contributed by atoms with Crippen molar-refractivity contribution in [3.63, 3.8) is 0 Å². The normalized spacial score (nSPS) is 28.0. The van der Waals surface area contributed by atoms with E-state index in [9.17, 15) is 40.5 Å². The third kappa shape index (κ3) is 23.1. The standard InChI is InChI=1S/C46H82O14/c1-3-5-7-9-11-13-15-16-17-18-19-20-22-24-26-28-30-55-32-35(58-38(48)29-27-25-23-21-14-12-10-8-6-4-2)33-56-45-44(54)42(52)40(50)37(60-45)34-57-46-43(53)41(51)39(49)36(31-47)59-46/h8,10-11,13,16-17,35-37,39-47,49-54H,3-7,9,12,14-15,18-34H2,1-2H3/b10-8-,13-11-,17-16-. The number of carbonyl (C=O) groups is 1. The van der Waals surface area contributed by atoms with Gasteiger partial charge in [-0.25, -0.2) is 0 Å². The van der Waals surface area contributed by atoms with Gasteiger partial charge >= 0.3 is 5.97 Å². The Bertz CT molecular complexity index is 1130. The highest BCUT2D eigenvalue weighted by Gasteiger charge is 2.47. The average Bonchev–Trinajstić information content (AvgIpc) is 3.24. The largest absolute Gasteiger partial charge is 0.457 e. The van der Waals surface area contributed by atoms with Gasteiger partial charge in [-0.3, -0.25) is 4.79 Å². The van der Waals surface area contributed by atoms with Crippen molar-refractivity contribution in [2.45, 2.75) is 216 Å². The molecule has 11 atom stereocenters. The molecule has 350 valence electrons. The molecule has 0 radical (unpaired) electrons. The summed E-state index contributed by atoms with van der Waals surface area (Å²) < 4.78 is 34.1. The maximum atomic E-state index is 12.9. The first-order valence-electron chi connectivity index (χ1n) is 23.1. The third-order valence-electron chi connectivity index (χ3n) is 10.9. The topological polar surface area (TPSA) is 214 Å². The van der Waals surface area contributed by atoms with Gasteiger partial charge in [0.15, 0.2) is 12.6 Å². The van der Waals surface area contributed by atoms with Gasteiger partial charge in [0.25, 0.3) is 0 Å². The van der Waals surface area contributed by atoms with Crippen molar-refractivity contribution in [2.75, 3.05) is 33.0 Å². The second kappa shape index (κ2) is 34.7. The number of hydrogen-bond donors (Lipinski definition) is 7. The number of allylic oxidation sites excluding steroid dienone is 6. The molecule has 0 aromatic carbocycles. The van der Waals surface area contributed by atoms with E-state index in [0.29, 0.717) is 13.0 Å². The quantitative estimate of drug-likeness (QED) is 0.0240. The minimum absolute atomic E-state index is 0.0508. The minimum atomic E-state index is -1.71. The van der Waals surface area contributed by atoms with Crippen LogP contribution in [0.3, 0.4) is 0 Å². The van der Waals surface area contributed by atoms with E-state index in [4.69, 9.17) is 28.4 Å². The molecule has 2 aliphatic heterocycles. The lowest BCUT2D eigenvalue weighted by Gasteiger charge is -2.42. The fraction of sp³-hybridized carbons (Fsp3) is 0.848. The van der Waals surface area contributed by atoms with Gasteiger partial charge in [-0.1, -0.05) is 115 Å². The van der Waals surface area contributed by atoms with Crippen LogP contribution in [0.5, 0.6) is 0 Å². The van der Waals surface area contributed by atoms with Crippen LogP contribution in [0.25, 0.3) is 0 Å². The van der Waals surface area contributed by atoms with E-state index in [-0.39, 0.29) is 19.6 Å². The lowest BCUT2D eigenvalue weighted by Crippen LogP contribution is -2.61. The van der Waals surface area contributed by atoms with Crippen LogP contribution in [0.2, 0.25) is 0 Å². The Morgan fingerprint density at radius 1 is 0.550 bits per heavy atom. The van der Waals surface area contributed by atoms with Crippen LogP contribution in [0.4, 0.5) is 0 Å². The first-order chi connectivity index (χ1) is 29.1. The minimum Gasteiger partial charge on any atom is -0.457 e. The molecule has 7 N–H and O–H groups in total. The summed E-state index contributed by atoms with van der Waals surface area (Å²) in [5.74, 6) is -0.394. The van der Waals surface area contributed by atoms with Crippen molar-refractivity contribution in [3.8, 4) is 0 Å². The van der Waals surface area contributed by atoms with Gasteiger partial charge in [0.2, 0.25) is 0 Å². The SMILES string of the molecule is CCC/C=C\CCCCCCCC(=O)OC(COCCCCCCCC/C=C\C/C=C\CCCCC)COC1OC(COC2OC(CO)C(O)C(O)C2O)C(O)C(O)C1O. The molecule has 0 bridgehead atoms. The van der Waals surface area contributed by atoms with Crippen LogP contribution in [-0.2, 0) is 33.2 Å². The molecule has 0 spiro atoms. The van der Waals surface area contributed by atoms with Crippen LogP contribution in [0.1, 0.15) is 149 Å². The molecule has 2 heterocycles. The average molecular weight is 859 g/mol. The molecular formula is C46H82O14. The first kappa shape index (κ1) is 54.3. The molecule has 0 saturated carbocycles. The first-order valence-corrected chi connectivity index (χ1v) is 23.1. The zero-order valence-electron chi connectivity index (χ0n) is 36.7. The number of unbranched alkanes of at least 4 members (excludes halogenated alkanes) is 15. The summed E-state index contributed by atoms with van der Waals surface area (Å²) in [6, 6.07) is 0. The van der Waals surface area contributed by atoms with Gasteiger partial charge in [0.05, 0.1) is 26.4 Å². The van der Waals surface area contributed by atoms with Gasteiger partial charge in [-0.15, -0.1) is 0 Å². The predicted molar refractivity (Wildman–Crippen MR) is 229 cm³/mol. The molecule has 0 aromatic heterocycles. The van der Waals surface area contributed by atoms with Crippen molar-refractivity contribution in [1.29, 1.82) is 0 Å². The summed E-state index contributed by atoms with van der Waals surface area (Å²) in [4.78, 5) is 12.9. The van der Waals surface area contributed by atoms with Crippen molar-refractivity contribution >= 4 is 5.97 Å². The molecule has 2 fully saturated rings. The smallest absolute Gasteiger partial charge is 0.306 e. The zero-order chi connectivity index (χ0) is 43.8. The molecule has 60 heavy (non-hydrogen) atoms. The highest BCUT2D eigenvalue weighted by molar-refractivity contribution is 5.69. The lowest BCUT2D eigenvalue weighted by atomic mass is 9.98. The molecular weight excluding hydrogens is 776 g/mol. The van der Waals surface area contributed by atoms with E-state index in [2.05, 4.69) is 50.3 Å². The number of ether oxygens (including phenoxy) is 6. The number of rotatable bonds is 35. The summed E-state index contributed by atoms with van der Waals surface area (Å²) in [7, 11) is 0. The van der Waals surface area contributed by atoms with E-state index < -0.39 is 86.7 Å². The number of hydrogen-bond acceptors (Lipinski definition) is 14. The number of aliphatic hydroxyl groups excluding tert-OH is 7. The van der Waals surface area contributed by atoms with Gasteiger partial charge in [-0.2, -0.15) is 0 Å². The maximum absolute atomic E-state index is 12.9. The second-order valence-corrected chi connectivity index (χ2v) is 16.2. The van der Waals surface area contributed by atoms with Gasteiger partial charge in [0, 0.05) is 13.0 Å². The van der Waals surface area contributed by atoms with Crippen LogP contribution < -0.4 is 0 Å². The maximum Gasteiger partial charge on any atom is 0.306 e. The molecule has 0 amide bonds.